The molecule has 0 bridgehead atoms. The highest BCUT2D eigenvalue weighted by atomic mass is 19.1. The van der Waals surface area contributed by atoms with E-state index in [9.17, 15) is 4.39 Å². The largest absolute Gasteiger partial charge is 0.371 e. The monoisotopic (exact) mass is 732 g/mol. The van der Waals surface area contributed by atoms with Crippen molar-refractivity contribution in [1.29, 1.82) is 0 Å². The van der Waals surface area contributed by atoms with Crippen LogP contribution in [0.3, 0.4) is 0 Å². The van der Waals surface area contributed by atoms with E-state index in [2.05, 4.69) is 105 Å². The molecule has 0 N–H and O–H groups in total. The Kier molecular flexibility index (Phi) is 19.2. The second kappa shape index (κ2) is 22.7. The van der Waals surface area contributed by atoms with Crippen molar-refractivity contribution in [2.24, 2.45) is 0 Å². The van der Waals surface area contributed by atoms with Crippen molar-refractivity contribution < 1.29 is 4.39 Å². The number of aryl methyl sites for hydroxylation is 1. The van der Waals surface area contributed by atoms with Gasteiger partial charge in [-0.25, -0.2) is 4.39 Å². The Morgan fingerprint density at radius 3 is 1.79 bits per heavy atom. The first-order valence-electron chi connectivity index (χ1n) is 21.6. The van der Waals surface area contributed by atoms with Gasteiger partial charge < -0.3 is 9.80 Å². The van der Waals surface area contributed by atoms with Crippen molar-refractivity contribution in [3.63, 3.8) is 0 Å². The van der Waals surface area contributed by atoms with Crippen LogP contribution >= 0.6 is 0 Å². The molecule has 3 fully saturated rings. The molecule has 0 radical (unpaired) electrons. The summed E-state index contributed by atoms with van der Waals surface area (Å²) in [6, 6.07) is 12.7. The van der Waals surface area contributed by atoms with Gasteiger partial charge in [0.05, 0.1) is 11.2 Å². The van der Waals surface area contributed by atoms with E-state index in [1.54, 1.807) is 6.07 Å². The number of fused-ring (bicyclic) bond motifs is 1. The lowest BCUT2D eigenvalue weighted by atomic mass is 9.93. The van der Waals surface area contributed by atoms with Gasteiger partial charge in [0.15, 0.2) is 0 Å². The second-order valence-corrected chi connectivity index (χ2v) is 16.1. The van der Waals surface area contributed by atoms with Crippen LogP contribution in [0.5, 0.6) is 0 Å². The zero-order valence-corrected chi connectivity index (χ0v) is 36.2. The van der Waals surface area contributed by atoms with Crippen LogP contribution in [-0.2, 0) is 6.42 Å². The van der Waals surface area contributed by atoms with E-state index in [1.807, 2.05) is 27.7 Å². The number of hydrogen-bond acceptors (Lipinski definition) is 5. The smallest absolute Gasteiger partial charge is 0.126 e. The minimum atomic E-state index is -0.111. The number of unbranched alkanes of at least 4 members (excludes halogenated alkanes) is 1. The maximum Gasteiger partial charge on any atom is 0.126 e. The van der Waals surface area contributed by atoms with Crippen LogP contribution < -0.4 is 4.90 Å². The van der Waals surface area contributed by atoms with Gasteiger partial charge in [-0.05, 0) is 118 Å². The number of piperidine rings is 2. The van der Waals surface area contributed by atoms with Gasteiger partial charge in [-0.1, -0.05) is 86.8 Å². The molecule has 6 rings (SSSR count). The summed E-state index contributed by atoms with van der Waals surface area (Å²) < 4.78 is 14.8. The average Bonchev–Trinajstić information content (AvgIpc) is 3.18. The van der Waals surface area contributed by atoms with Crippen LogP contribution in [0.2, 0.25) is 0 Å². The second-order valence-electron chi connectivity index (χ2n) is 16.1. The van der Waals surface area contributed by atoms with E-state index >= 15 is 0 Å². The van der Waals surface area contributed by atoms with E-state index in [4.69, 9.17) is 4.98 Å². The van der Waals surface area contributed by atoms with E-state index in [1.165, 1.54) is 106 Å². The molecule has 6 heteroatoms. The van der Waals surface area contributed by atoms with Gasteiger partial charge in [0, 0.05) is 75.4 Å². The molecule has 298 valence electrons. The highest BCUT2D eigenvalue weighted by molar-refractivity contribution is 5.94. The highest BCUT2D eigenvalue weighted by Crippen LogP contribution is 2.36. The maximum atomic E-state index is 14.8. The fourth-order valence-corrected chi connectivity index (χ4v) is 8.00. The molecule has 2 aromatic carbocycles. The number of aromatic nitrogens is 1. The normalized spacial score (nSPS) is 18.0. The molecule has 0 amide bonds. The van der Waals surface area contributed by atoms with Crippen molar-refractivity contribution in [3.8, 4) is 0 Å². The number of rotatable bonds is 8. The molecular weight excluding hydrogens is 654 g/mol. The molecule has 5 nitrogen and oxygen atoms in total. The molecular formula is C47H78FN5. The molecule has 3 aliphatic heterocycles. The summed E-state index contributed by atoms with van der Waals surface area (Å²) in [5.74, 6) is 0.345. The maximum absolute atomic E-state index is 14.8. The number of likely N-dealkylation sites (tertiary alicyclic amines) is 1. The zero-order valence-electron chi connectivity index (χ0n) is 36.2. The predicted octanol–water partition coefficient (Wildman–Crippen LogP) is 11.4. The Hall–Kier alpha value is -2.54. The van der Waals surface area contributed by atoms with Gasteiger partial charge in [-0.3, -0.25) is 14.8 Å². The van der Waals surface area contributed by atoms with Crippen LogP contribution in [0, 0.1) is 19.7 Å². The first-order valence-corrected chi connectivity index (χ1v) is 21.6. The lowest BCUT2D eigenvalue weighted by molar-refractivity contribution is 0.0359. The van der Waals surface area contributed by atoms with Crippen LogP contribution in [0.25, 0.3) is 10.9 Å². The van der Waals surface area contributed by atoms with Gasteiger partial charge in [-0.2, -0.15) is 0 Å². The fraction of sp³-hybridized carbons (Fsp3) is 0.681. The quantitative estimate of drug-likeness (QED) is 0.230. The Labute approximate surface area is 325 Å². The fourth-order valence-electron chi connectivity index (χ4n) is 8.00. The first-order chi connectivity index (χ1) is 25.5. The Morgan fingerprint density at radius 2 is 1.28 bits per heavy atom. The molecule has 0 unspecified atom stereocenters. The number of nitrogens with zero attached hydrogens (tertiary/aromatic N) is 5. The summed E-state index contributed by atoms with van der Waals surface area (Å²) in [5, 5.41) is 1.25. The van der Waals surface area contributed by atoms with Crippen LogP contribution in [-0.4, -0.2) is 90.2 Å². The predicted molar refractivity (Wildman–Crippen MR) is 231 cm³/mol. The van der Waals surface area contributed by atoms with E-state index in [-0.39, 0.29) is 5.82 Å². The lowest BCUT2D eigenvalue weighted by Crippen LogP contribution is -2.56. The SMILES string of the molecule is CC.CCC.CCCC.Cc1cc(Cc2cnc3ccc(C(C)C)cc3c2N2CCC(N3CCC(N4CCN(C(C)C)CC4)CC3)CC2)cc(F)c1C. The molecule has 4 heterocycles. The number of benzene rings is 2. The summed E-state index contributed by atoms with van der Waals surface area (Å²) in [6.07, 6.45) is 11.7. The van der Waals surface area contributed by atoms with Crippen LogP contribution in [0.1, 0.15) is 148 Å². The number of anilines is 1. The van der Waals surface area contributed by atoms with Crippen molar-refractivity contribution >= 4 is 16.6 Å². The third-order valence-electron chi connectivity index (χ3n) is 11.6. The van der Waals surface area contributed by atoms with Crippen molar-refractivity contribution in [2.45, 2.75) is 158 Å². The Bertz CT molecular complexity index is 1450. The van der Waals surface area contributed by atoms with E-state index < -0.39 is 0 Å². The Balaban J connectivity index is 0.000000765. The van der Waals surface area contributed by atoms with E-state index in [0.29, 0.717) is 24.4 Å². The highest BCUT2D eigenvalue weighted by Gasteiger charge is 2.32. The molecule has 0 spiro atoms. The third kappa shape index (κ3) is 12.5. The topological polar surface area (TPSA) is 25.9 Å². The van der Waals surface area contributed by atoms with Crippen molar-refractivity contribution in [3.05, 3.63) is 70.2 Å². The van der Waals surface area contributed by atoms with Gasteiger partial charge in [0.2, 0.25) is 0 Å². The molecule has 0 atom stereocenters. The summed E-state index contributed by atoms with van der Waals surface area (Å²) >= 11 is 0. The molecule has 0 aliphatic carbocycles. The molecule has 0 saturated carbocycles. The van der Waals surface area contributed by atoms with Crippen molar-refractivity contribution in [2.75, 3.05) is 57.3 Å². The molecule has 3 saturated heterocycles. The number of piperazine rings is 1. The third-order valence-corrected chi connectivity index (χ3v) is 11.6. The van der Waals surface area contributed by atoms with Crippen LogP contribution in [0.15, 0.2) is 36.5 Å². The first kappa shape index (κ1) is 44.9. The zero-order chi connectivity index (χ0) is 39.1. The lowest BCUT2D eigenvalue weighted by Gasteiger charge is -2.46. The summed E-state index contributed by atoms with van der Waals surface area (Å²) in [5.41, 5.74) is 7.70. The molecule has 53 heavy (non-hydrogen) atoms. The van der Waals surface area contributed by atoms with Gasteiger partial charge >= 0.3 is 0 Å². The summed E-state index contributed by atoms with van der Waals surface area (Å²) in [4.78, 5) is 15.7. The summed E-state index contributed by atoms with van der Waals surface area (Å²) in [6.45, 7) is 35.2. The van der Waals surface area contributed by atoms with Crippen LogP contribution in [0.4, 0.5) is 10.1 Å². The van der Waals surface area contributed by atoms with E-state index in [0.717, 1.165) is 41.3 Å². The minimum absolute atomic E-state index is 0.111. The number of hydrogen-bond donors (Lipinski definition) is 0. The van der Waals surface area contributed by atoms with Gasteiger partial charge in [0.1, 0.15) is 5.82 Å². The van der Waals surface area contributed by atoms with Gasteiger partial charge in [0.25, 0.3) is 0 Å². The standard InChI is InChI=1S/C38H54FN5.C4H10.C3H8.C2H6/c1-26(2)31-7-8-37-35(24-31)38(32(25-40-37)22-30-21-28(5)29(6)36(39)23-30)44-15-11-33(12-16-44)42-13-9-34(10-14-42)43-19-17-41(18-20-43)27(3)4;1-3-4-2;1-3-2;1-2/h7-8,21,23-27,33-34H,9-20,22H2,1-6H3;3-4H2,1-2H3;3H2,1-2H3;1-2H3. The molecule has 3 aliphatic rings. The summed E-state index contributed by atoms with van der Waals surface area (Å²) in [7, 11) is 0. The average molecular weight is 732 g/mol. The number of pyridine rings is 1. The van der Waals surface area contributed by atoms with Crippen molar-refractivity contribution in [1.82, 2.24) is 19.7 Å². The number of halogens is 1. The Morgan fingerprint density at radius 1 is 0.736 bits per heavy atom. The molecule has 3 aromatic rings. The van der Waals surface area contributed by atoms with Gasteiger partial charge in [-0.15, -0.1) is 0 Å². The molecule has 1 aromatic heterocycles. The minimum Gasteiger partial charge on any atom is -0.371 e.